The fourth-order valence-corrected chi connectivity index (χ4v) is 1.69. The van der Waals surface area contributed by atoms with E-state index in [2.05, 4.69) is 10.4 Å². The topological polar surface area (TPSA) is 46.9 Å². The molecule has 1 aromatic carbocycles. The highest BCUT2D eigenvalue weighted by molar-refractivity contribution is 6.04. The molecule has 94 valence electrons. The van der Waals surface area contributed by atoms with Crippen molar-refractivity contribution in [1.29, 1.82) is 0 Å². The van der Waals surface area contributed by atoms with Crippen LogP contribution in [0.25, 0.3) is 0 Å². The molecule has 1 N–H and O–H groups in total. The molecule has 0 atom stereocenters. The quantitative estimate of drug-likeness (QED) is 0.886. The highest BCUT2D eigenvalue weighted by Gasteiger charge is 2.13. The van der Waals surface area contributed by atoms with Crippen LogP contribution < -0.4 is 5.32 Å². The van der Waals surface area contributed by atoms with Crippen LogP contribution in [-0.4, -0.2) is 15.7 Å². The summed E-state index contributed by atoms with van der Waals surface area (Å²) in [4.78, 5) is 12.0. The Labute approximate surface area is 104 Å². The van der Waals surface area contributed by atoms with Gasteiger partial charge >= 0.3 is 0 Å². The van der Waals surface area contributed by atoms with Gasteiger partial charge < -0.3 is 5.32 Å². The second-order valence-corrected chi connectivity index (χ2v) is 4.22. The van der Waals surface area contributed by atoms with Crippen molar-refractivity contribution in [2.24, 2.45) is 7.05 Å². The molecular weight excluding hydrogens is 233 g/mol. The second kappa shape index (κ2) is 4.60. The molecule has 18 heavy (non-hydrogen) atoms. The number of halogens is 1. The minimum absolute atomic E-state index is 0.288. The van der Waals surface area contributed by atoms with Crippen molar-refractivity contribution in [1.82, 2.24) is 9.78 Å². The van der Waals surface area contributed by atoms with Crippen LogP contribution in [0.15, 0.2) is 24.4 Å². The van der Waals surface area contributed by atoms with Crippen molar-refractivity contribution < 1.29 is 9.18 Å². The van der Waals surface area contributed by atoms with Gasteiger partial charge in [-0.3, -0.25) is 9.48 Å². The van der Waals surface area contributed by atoms with Gasteiger partial charge in [0.15, 0.2) is 0 Å². The molecule has 0 unspecified atom stereocenters. The predicted octanol–water partition coefficient (Wildman–Crippen LogP) is 2.43. The number of amides is 1. The Morgan fingerprint density at radius 3 is 2.67 bits per heavy atom. The molecule has 0 aliphatic rings. The molecule has 0 radical (unpaired) electrons. The molecule has 0 aliphatic carbocycles. The number of aryl methyl sites for hydroxylation is 3. The predicted molar refractivity (Wildman–Crippen MR) is 67.0 cm³/mol. The van der Waals surface area contributed by atoms with Crippen molar-refractivity contribution in [2.75, 3.05) is 5.32 Å². The first-order chi connectivity index (χ1) is 8.47. The second-order valence-electron chi connectivity index (χ2n) is 4.22. The normalized spacial score (nSPS) is 10.4. The molecule has 0 aliphatic heterocycles. The van der Waals surface area contributed by atoms with Crippen LogP contribution in [0.4, 0.5) is 10.1 Å². The van der Waals surface area contributed by atoms with Crippen molar-refractivity contribution >= 4 is 11.6 Å². The summed E-state index contributed by atoms with van der Waals surface area (Å²) in [6.07, 6.45) is 1.63. The number of nitrogens with one attached hydrogen (secondary N) is 1. The number of aromatic nitrogens is 2. The van der Waals surface area contributed by atoms with Crippen LogP contribution in [0.1, 0.15) is 21.6 Å². The average molecular weight is 247 g/mol. The summed E-state index contributed by atoms with van der Waals surface area (Å²) >= 11 is 0. The monoisotopic (exact) mass is 247 g/mol. The molecule has 0 fully saturated rings. The van der Waals surface area contributed by atoms with Gasteiger partial charge in [0.25, 0.3) is 5.91 Å². The van der Waals surface area contributed by atoms with Crippen molar-refractivity contribution in [3.8, 4) is 0 Å². The Balaban J connectivity index is 2.21. The van der Waals surface area contributed by atoms with E-state index in [0.717, 1.165) is 0 Å². The van der Waals surface area contributed by atoms with E-state index < -0.39 is 0 Å². The van der Waals surface area contributed by atoms with E-state index in [0.29, 0.717) is 22.5 Å². The summed E-state index contributed by atoms with van der Waals surface area (Å²) in [6.45, 7) is 3.43. The summed E-state index contributed by atoms with van der Waals surface area (Å²) in [6, 6.07) is 4.60. The molecule has 5 heteroatoms. The molecule has 0 saturated carbocycles. The van der Waals surface area contributed by atoms with Crippen LogP contribution in [0.2, 0.25) is 0 Å². The molecule has 0 spiro atoms. The summed E-state index contributed by atoms with van der Waals surface area (Å²) in [5.74, 6) is -0.625. The van der Waals surface area contributed by atoms with Crippen LogP contribution in [0.3, 0.4) is 0 Å². The zero-order chi connectivity index (χ0) is 13.3. The maximum absolute atomic E-state index is 13.3. The van der Waals surface area contributed by atoms with Gasteiger partial charge in [-0.1, -0.05) is 6.07 Å². The molecule has 0 bridgehead atoms. The third-order valence-corrected chi connectivity index (χ3v) is 2.69. The summed E-state index contributed by atoms with van der Waals surface area (Å²) < 4.78 is 14.9. The molecule has 2 aromatic rings. The third kappa shape index (κ3) is 2.40. The number of hydrogen-bond donors (Lipinski definition) is 1. The highest BCUT2D eigenvalue weighted by atomic mass is 19.1. The molecule has 1 aromatic heterocycles. The lowest BCUT2D eigenvalue weighted by molar-refractivity contribution is 0.102. The Hall–Kier alpha value is -2.17. The van der Waals surface area contributed by atoms with E-state index in [1.54, 1.807) is 43.9 Å². The summed E-state index contributed by atoms with van der Waals surface area (Å²) in [5.41, 5.74) is 2.11. The van der Waals surface area contributed by atoms with Gasteiger partial charge in [0, 0.05) is 18.9 Å². The van der Waals surface area contributed by atoms with Gasteiger partial charge in [-0.05, 0) is 31.5 Å². The number of carbonyl (C=O) groups excluding carboxylic acids is 1. The largest absolute Gasteiger partial charge is 0.322 e. The first-order valence-electron chi connectivity index (χ1n) is 5.55. The van der Waals surface area contributed by atoms with Crippen LogP contribution in [0.5, 0.6) is 0 Å². The lowest BCUT2D eigenvalue weighted by Gasteiger charge is -2.05. The van der Waals surface area contributed by atoms with Crippen molar-refractivity contribution in [2.45, 2.75) is 13.8 Å². The smallest absolute Gasteiger partial charge is 0.259 e. The lowest BCUT2D eigenvalue weighted by atomic mass is 10.2. The summed E-state index contributed by atoms with van der Waals surface area (Å²) in [5, 5.41) is 6.74. The number of carbonyl (C=O) groups is 1. The maximum atomic E-state index is 13.3. The fraction of sp³-hybridized carbons (Fsp3) is 0.231. The molecule has 1 heterocycles. The van der Waals surface area contributed by atoms with E-state index >= 15 is 0 Å². The standard InChI is InChI=1S/C13H14FN3O/c1-8-4-5-10(6-12(8)14)15-13(18)11-7-17(3)16-9(11)2/h4-7H,1-3H3,(H,15,18). The van der Waals surface area contributed by atoms with Gasteiger partial charge in [-0.15, -0.1) is 0 Å². The third-order valence-electron chi connectivity index (χ3n) is 2.69. The fourth-order valence-electron chi connectivity index (χ4n) is 1.69. The Kier molecular flexibility index (Phi) is 3.14. The van der Waals surface area contributed by atoms with E-state index in [4.69, 9.17) is 0 Å². The number of benzene rings is 1. The van der Waals surface area contributed by atoms with Gasteiger partial charge in [-0.2, -0.15) is 5.10 Å². The first-order valence-corrected chi connectivity index (χ1v) is 5.55. The van der Waals surface area contributed by atoms with Gasteiger partial charge in [0.05, 0.1) is 11.3 Å². The van der Waals surface area contributed by atoms with Crippen LogP contribution in [0, 0.1) is 19.7 Å². The number of rotatable bonds is 2. The van der Waals surface area contributed by atoms with Gasteiger partial charge in [-0.25, -0.2) is 4.39 Å². The van der Waals surface area contributed by atoms with Crippen molar-refractivity contribution in [3.63, 3.8) is 0 Å². The maximum Gasteiger partial charge on any atom is 0.259 e. The van der Waals surface area contributed by atoms with Gasteiger partial charge in [0.1, 0.15) is 5.82 Å². The summed E-state index contributed by atoms with van der Waals surface area (Å²) in [7, 11) is 1.75. The Morgan fingerprint density at radius 2 is 2.11 bits per heavy atom. The van der Waals surface area contributed by atoms with E-state index in [1.807, 2.05) is 0 Å². The van der Waals surface area contributed by atoms with E-state index in [1.165, 1.54) is 6.07 Å². The molecule has 0 saturated heterocycles. The highest BCUT2D eigenvalue weighted by Crippen LogP contribution is 2.15. The number of hydrogen-bond acceptors (Lipinski definition) is 2. The van der Waals surface area contributed by atoms with Crippen molar-refractivity contribution in [3.05, 3.63) is 47.0 Å². The Morgan fingerprint density at radius 1 is 1.39 bits per heavy atom. The van der Waals surface area contributed by atoms with Crippen LogP contribution in [-0.2, 0) is 7.05 Å². The number of anilines is 1. The molecule has 4 nitrogen and oxygen atoms in total. The molecule has 2 rings (SSSR count). The number of nitrogens with zero attached hydrogens (tertiary/aromatic N) is 2. The van der Waals surface area contributed by atoms with Crippen LogP contribution >= 0.6 is 0 Å². The molecule has 1 amide bonds. The Bertz CT molecular complexity index is 604. The SMILES string of the molecule is Cc1ccc(NC(=O)c2cn(C)nc2C)cc1F. The van der Waals surface area contributed by atoms with E-state index in [-0.39, 0.29) is 11.7 Å². The minimum Gasteiger partial charge on any atom is -0.322 e. The average Bonchev–Trinajstić information content (AvgIpc) is 2.63. The minimum atomic E-state index is -0.337. The van der Waals surface area contributed by atoms with E-state index in [9.17, 15) is 9.18 Å². The first kappa shape index (κ1) is 12.3. The molecular formula is C13H14FN3O. The lowest BCUT2D eigenvalue weighted by Crippen LogP contribution is -2.12. The zero-order valence-corrected chi connectivity index (χ0v) is 10.5. The van der Waals surface area contributed by atoms with Gasteiger partial charge in [0.2, 0.25) is 0 Å². The zero-order valence-electron chi connectivity index (χ0n) is 10.5.